The summed E-state index contributed by atoms with van der Waals surface area (Å²) in [5, 5.41) is 3.07. The monoisotopic (exact) mass is 351 g/mol. The molecule has 0 saturated carbocycles. The Morgan fingerprint density at radius 1 is 0.920 bits per heavy atom. The van der Waals surface area contributed by atoms with Gasteiger partial charge in [-0.25, -0.2) is 4.79 Å². The Kier molecular flexibility index (Phi) is 5.87. The molecule has 2 aliphatic heterocycles. The highest BCUT2D eigenvalue weighted by Crippen LogP contribution is 2.44. The molecule has 2 rings (SSSR count). The number of hydrogen-bond donors (Lipinski definition) is 1. The van der Waals surface area contributed by atoms with Gasteiger partial charge in [-0.05, 0) is 54.0 Å². The highest BCUT2D eigenvalue weighted by molar-refractivity contribution is 6.07. The fraction of sp³-hybridized carbons (Fsp3) is 0.900. The molecule has 0 aromatic carbocycles. The third-order valence-electron chi connectivity index (χ3n) is 6.27. The molecule has 2 fully saturated rings. The summed E-state index contributed by atoms with van der Waals surface area (Å²) in [6.45, 7) is 11.4. The fourth-order valence-electron chi connectivity index (χ4n) is 4.77. The molecule has 0 unspecified atom stereocenters. The number of likely N-dealkylation sites (tertiary alicyclic amines) is 1. The van der Waals surface area contributed by atoms with Crippen LogP contribution >= 0.6 is 0 Å². The minimum absolute atomic E-state index is 0.0136. The van der Waals surface area contributed by atoms with Crippen LogP contribution in [0.4, 0.5) is 4.79 Å². The second kappa shape index (κ2) is 7.26. The molecule has 2 saturated heterocycles. The molecule has 0 aromatic heterocycles. The maximum absolute atomic E-state index is 13.2. The van der Waals surface area contributed by atoms with E-state index in [0.717, 1.165) is 12.8 Å². The minimum Gasteiger partial charge on any atom is -0.323 e. The number of imide groups is 1. The maximum atomic E-state index is 13.2. The number of amides is 3. The summed E-state index contributed by atoms with van der Waals surface area (Å²) in [6.07, 6.45) is 8.26. The number of hydrogen-bond acceptors (Lipinski definition) is 3. The van der Waals surface area contributed by atoms with Crippen molar-refractivity contribution in [1.29, 1.82) is 0 Å². The number of carbonyl (C=O) groups excluding carboxylic acids is 2. The topological polar surface area (TPSA) is 52.7 Å². The highest BCUT2D eigenvalue weighted by Gasteiger charge is 2.60. The van der Waals surface area contributed by atoms with Crippen LogP contribution in [0.3, 0.4) is 0 Å². The van der Waals surface area contributed by atoms with E-state index in [1.54, 1.807) is 0 Å². The van der Waals surface area contributed by atoms with Crippen molar-refractivity contribution < 1.29 is 9.59 Å². The Morgan fingerprint density at radius 3 is 2.00 bits per heavy atom. The quantitative estimate of drug-likeness (QED) is 0.559. The van der Waals surface area contributed by atoms with Crippen LogP contribution in [0.1, 0.15) is 86.0 Å². The number of nitrogens with zero attached hydrogens (tertiary/aromatic N) is 2. The molecule has 0 atom stereocenters. The van der Waals surface area contributed by atoms with E-state index in [1.807, 2.05) is 0 Å². The van der Waals surface area contributed by atoms with Gasteiger partial charge in [0.15, 0.2) is 0 Å². The van der Waals surface area contributed by atoms with E-state index in [0.29, 0.717) is 19.4 Å². The van der Waals surface area contributed by atoms with Gasteiger partial charge in [-0.2, -0.15) is 0 Å². The van der Waals surface area contributed by atoms with E-state index in [1.165, 1.54) is 30.6 Å². The smallest absolute Gasteiger partial charge is 0.323 e. The first kappa shape index (κ1) is 20.2. The van der Waals surface area contributed by atoms with E-state index in [-0.39, 0.29) is 23.0 Å². The van der Waals surface area contributed by atoms with Crippen LogP contribution in [0.5, 0.6) is 0 Å². The van der Waals surface area contributed by atoms with Gasteiger partial charge in [0, 0.05) is 17.6 Å². The predicted molar refractivity (Wildman–Crippen MR) is 102 cm³/mol. The number of nitrogens with one attached hydrogen (secondary N) is 1. The van der Waals surface area contributed by atoms with Crippen molar-refractivity contribution in [3.63, 3.8) is 0 Å². The molecule has 5 heteroatoms. The summed E-state index contributed by atoms with van der Waals surface area (Å²) in [7, 11) is 2.11. The Morgan fingerprint density at radius 2 is 1.44 bits per heavy atom. The number of piperidine rings is 1. The molecular formula is C20H37N3O2. The van der Waals surface area contributed by atoms with Crippen LogP contribution in [0, 0.1) is 0 Å². The SMILES string of the molecule is CCCCCCCCN1C(=O)NC2(CC(C)(C)N(C)C(C)(C)C2)C1=O. The van der Waals surface area contributed by atoms with E-state index >= 15 is 0 Å². The van der Waals surface area contributed by atoms with Crippen LogP contribution in [0.2, 0.25) is 0 Å². The first-order valence-corrected chi connectivity index (χ1v) is 9.94. The van der Waals surface area contributed by atoms with Gasteiger partial charge in [-0.15, -0.1) is 0 Å². The lowest BCUT2D eigenvalue weighted by Crippen LogP contribution is -2.68. The molecule has 0 bridgehead atoms. The van der Waals surface area contributed by atoms with Crippen LogP contribution in [0.25, 0.3) is 0 Å². The zero-order valence-electron chi connectivity index (χ0n) is 17.1. The number of unbranched alkanes of at least 4 members (excludes halogenated alkanes) is 5. The van der Waals surface area contributed by atoms with Gasteiger partial charge in [0.25, 0.3) is 5.91 Å². The second-order valence-corrected chi connectivity index (χ2v) is 9.27. The Hall–Kier alpha value is -1.10. The summed E-state index contributed by atoms with van der Waals surface area (Å²) in [5.74, 6) is -0.0136. The average Bonchev–Trinajstić information content (AvgIpc) is 2.71. The van der Waals surface area contributed by atoms with Crippen LogP contribution in [-0.2, 0) is 4.79 Å². The summed E-state index contributed by atoms with van der Waals surface area (Å²) in [5.41, 5.74) is -1.01. The maximum Gasteiger partial charge on any atom is 0.325 e. The lowest BCUT2D eigenvalue weighted by Gasteiger charge is -2.56. The van der Waals surface area contributed by atoms with Crippen molar-refractivity contribution in [2.24, 2.45) is 0 Å². The Balaban J connectivity index is 2.02. The summed E-state index contributed by atoms with van der Waals surface area (Å²) in [4.78, 5) is 29.5. The molecule has 5 nitrogen and oxygen atoms in total. The number of rotatable bonds is 7. The summed E-state index contributed by atoms with van der Waals surface area (Å²) < 4.78 is 0. The third-order valence-corrected chi connectivity index (χ3v) is 6.27. The zero-order valence-corrected chi connectivity index (χ0v) is 17.1. The van der Waals surface area contributed by atoms with Gasteiger partial charge in [0.2, 0.25) is 0 Å². The summed E-state index contributed by atoms with van der Waals surface area (Å²) >= 11 is 0. The van der Waals surface area contributed by atoms with E-state index in [9.17, 15) is 9.59 Å². The van der Waals surface area contributed by atoms with Crippen molar-refractivity contribution in [1.82, 2.24) is 15.1 Å². The van der Waals surface area contributed by atoms with Crippen molar-refractivity contribution in [3.05, 3.63) is 0 Å². The standard InChI is InChI=1S/C20H37N3O2/c1-7-8-9-10-11-12-13-23-16(24)20(21-17(23)25)14-18(2,3)22(6)19(4,5)15-20/h7-15H2,1-6H3,(H,21,25). The molecule has 144 valence electrons. The Labute approximate surface area is 153 Å². The predicted octanol–water partition coefficient (Wildman–Crippen LogP) is 3.92. The highest BCUT2D eigenvalue weighted by atomic mass is 16.2. The van der Waals surface area contributed by atoms with Gasteiger partial charge in [-0.1, -0.05) is 39.0 Å². The van der Waals surface area contributed by atoms with Crippen molar-refractivity contribution in [3.8, 4) is 0 Å². The van der Waals surface area contributed by atoms with Crippen molar-refractivity contribution in [2.45, 2.75) is 103 Å². The molecule has 0 aliphatic carbocycles. The number of urea groups is 1. The average molecular weight is 352 g/mol. The first-order chi connectivity index (χ1) is 11.6. The largest absolute Gasteiger partial charge is 0.325 e. The molecule has 2 heterocycles. The molecule has 2 aliphatic rings. The van der Waals surface area contributed by atoms with Gasteiger partial charge >= 0.3 is 6.03 Å². The third kappa shape index (κ3) is 4.02. The summed E-state index contributed by atoms with van der Waals surface area (Å²) in [6, 6.07) is -0.199. The lowest BCUT2D eigenvalue weighted by atomic mass is 9.69. The van der Waals surface area contributed by atoms with E-state index in [4.69, 9.17) is 0 Å². The van der Waals surface area contributed by atoms with Crippen molar-refractivity contribution >= 4 is 11.9 Å². The molecule has 25 heavy (non-hydrogen) atoms. The molecular weight excluding hydrogens is 314 g/mol. The molecule has 1 spiro atoms. The van der Waals surface area contributed by atoms with Gasteiger partial charge < -0.3 is 5.32 Å². The molecule has 1 N–H and O–H groups in total. The first-order valence-electron chi connectivity index (χ1n) is 9.94. The van der Waals surface area contributed by atoms with Crippen LogP contribution in [0.15, 0.2) is 0 Å². The van der Waals surface area contributed by atoms with Gasteiger partial charge in [0.05, 0.1) is 0 Å². The van der Waals surface area contributed by atoms with Gasteiger partial charge in [0.1, 0.15) is 5.54 Å². The van der Waals surface area contributed by atoms with Gasteiger partial charge in [-0.3, -0.25) is 14.6 Å². The van der Waals surface area contributed by atoms with Crippen LogP contribution in [-0.4, -0.2) is 51.9 Å². The number of carbonyl (C=O) groups is 2. The van der Waals surface area contributed by atoms with Crippen LogP contribution < -0.4 is 5.32 Å². The van der Waals surface area contributed by atoms with E-state index < -0.39 is 5.54 Å². The molecule has 3 amide bonds. The minimum atomic E-state index is -0.737. The normalized spacial score (nSPS) is 24.8. The molecule has 0 aromatic rings. The second-order valence-electron chi connectivity index (χ2n) is 9.27. The lowest BCUT2D eigenvalue weighted by molar-refractivity contribution is -0.139. The zero-order chi connectivity index (χ0) is 18.9. The Bertz CT molecular complexity index is 495. The van der Waals surface area contributed by atoms with Crippen molar-refractivity contribution in [2.75, 3.05) is 13.6 Å². The molecule has 0 radical (unpaired) electrons. The van der Waals surface area contributed by atoms with E-state index in [2.05, 4.69) is 51.9 Å². The fourth-order valence-corrected chi connectivity index (χ4v) is 4.77.